The zero-order valence-corrected chi connectivity index (χ0v) is 18.5. The lowest BCUT2D eigenvalue weighted by Gasteiger charge is -2.39. The Labute approximate surface area is 187 Å². The van der Waals surface area contributed by atoms with Gasteiger partial charge in [-0.25, -0.2) is 13.1 Å². The molecule has 168 valence electrons. The fourth-order valence-electron chi connectivity index (χ4n) is 4.08. The van der Waals surface area contributed by atoms with Crippen molar-refractivity contribution in [1.82, 2.24) is 9.62 Å². The number of para-hydroxylation sites is 1. The first-order valence-corrected chi connectivity index (χ1v) is 12.3. The zero-order chi connectivity index (χ0) is 22.0. The average molecular weight is 455 g/mol. The Bertz CT molecular complexity index is 1210. The number of hydrogen-bond donors (Lipinski definition) is 1. The topological polar surface area (TPSA) is 77.1 Å². The molecule has 0 radical (unpaired) electrons. The summed E-state index contributed by atoms with van der Waals surface area (Å²) in [5.74, 6) is 2.38. The third-order valence-electron chi connectivity index (χ3n) is 5.82. The Hall–Kier alpha value is -2.81. The molecule has 0 saturated carbocycles. The van der Waals surface area contributed by atoms with Crippen LogP contribution in [0.2, 0.25) is 0 Å². The molecule has 2 aliphatic rings. The molecule has 0 bridgehead atoms. The predicted octanol–water partition coefficient (Wildman–Crippen LogP) is 2.90. The minimum absolute atomic E-state index is 0.298. The van der Waals surface area contributed by atoms with Crippen LogP contribution in [0.3, 0.4) is 0 Å². The second kappa shape index (κ2) is 8.97. The van der Waals surface area contributed by atoms with E-state index < -0.39 is 10.0 Å². The molecule has 5 rings (SSSR count). The second-order valence-electron chi connectivity index (χ2n) is 8.12. The number of nitrogens with one attached hydrogen (secondary N) is 1. The Morgan fingerprint density at radius 2 is 1.78 bits per heavy atom. The maximum atomic E-state index is 12.7. The van der Waals surface area contributed by atoms with Crippen LogP contribution in [0.25, 0.3) is 10.8 Å². The normalized spacial score (nSPS) is 16.6. The van der Waals surface area contributed by atoms with Crippen molar-refractivity contribution in [3.8, 4) is 17.2 Å². The zero-order valence-electron chi connectivity index (χ0n) is 17.7. The van der Waals surface area contributed by atoms with Gasteiger partial charge in [0.15, 0.2) is 11.5 Å². The lowest BCUT2D eigenvalue weighted by molar-refractivity contribution is 0.0835. The van der Waals surface area contributed by atoms with E-state index >= 15 is 0 Å². The molecule has 2 aliphatic heterocycles. The smallest absolute Gasteiger partial charge is 0.240 e. The molecule has 1 N–H and O–H groups in total. The number of benzene rings is 3. The molecular weight excluding hydrogens is 428 g/mol. The Morgan fingerprint density at radius 3 is 2.66 bits per heavy atom. The molecular formula is C24H26N2O5S. The maximum absolute atomic E-state index is 12.7. The first-order chi connectivity index (χ1) is 15.6. The molecule has 0 amide bonds. The van der Waals surface area contributed by atoms with Crippen LogP contribution in [0, 0.1) is 5.92 Å². The van der Waals surface area contributed by atoms with Crippen molar-refractivity contribution < 1.29 is 22.6 Å². The molecule has 7 nitrogen and oxygen atoms in total. The highest BCUT2D eigenvalue weighted by molar-refractivity contribution is 7.89. The molecule has 2 heterocycles. The van der Waals surface area contributed by atoms with Gasteiger partial charge in [-0.15, -0.1) is 0 Å². The van der Waals surface area contributed by atoms with Gasteiger partial charge >= 0.3 is 0 Å². The summed E-state index contributed by atoms with van der Waals surface area (Å²) in [6.07, 6.45) is 0. The fourth-order valence-corrected chi connectivity index (χ4v) is 5.23. The van der Waals surface area contributed by atoms with Gasteiger partial charge < -0.3 is 14.2 Å². The highest BCUT2D eigenvalue weighted by atomic mass is 32.2. The van der Waals surface area contributed by atoms with E-state index in [1.165, 1.54) is 0 Å². The van der Waals surface area contributed by atoms with Crippen molar-refractivity contribution >= 4 is 20.8 Å². The standard InChI is InChI=1S/C24H26N2O5S/c27-32(28,21-9-8-19-4-1-2-5-20(19)14-21)25-15-18-16-26(17-18)10-11-29-22-6-3-7-23-24(22)31-13-12-30-23/h1-9,14,18,25H,10-13,15-17H2. The van der Waals surface area contributed by atoms with Crippen molar-refractivity contribution in [1.29, 1.82) is 0 Å². The molecule has 0 spiro atoms. The van der Waals surface area contributed by atoms with Gasteiger partial charge in [-0.2, -0.15) is 0 Å². The Morgan fingerprint density at radius 1 is 0.969 bits per heavy atom. The first-order valence-electron chi connectivity index (χ1n) is 10.8. The van der Waals surface area contributed by atoms with E-state index in [1.54, 1.807) is 12.1 Å². The summed E-state index contributed by atoms with van der Waals surface area (Å²) in [5.41, 5.74) is 0. The third-order valence-corrected chi connectivity index (χ3v) is 7.24. The van der Waals surface area contributed by atoms with Gasteiger partial charge in [0.25, 0.3) is 0 Å². The fraction of sp³-hybridized carbons (Fsp3) is 0.333. The SMILES string of the molecule is O=S(=O)(NCC1CN(CCOc2cccc3c2OCCO3)C1)c1ccc2ccccc2c1. The van der Waals surface area contributed by atoms with Crippen molar-refractivity contribution in [3.05, 3.63) is 60.7 Å². The van der Waals surface area contributed by atoms with Crippen LogP contribution in [-0.2, 0) is 10.0 Å². The van der Waals surface area contributed by atoms with E-state index in [9.17, 15) is 8.42 Å². The van der Waals surface area contributed by atoms with E-state index in [1.807, 2.05) is 48.5 Å². The van der Waals surface area contributed by atoms with Gasteiger partial charge in [0.1, 0.15) is 19.8 Å². The average Bonchev–Trinajstić information content (AvgIpc) is 2.79. The minimum atomic E-state index is -3.52. The van der Waals surface area contributed by atoms with E-state index in [2.05, 4.69) is 9.62 Å². The number of ether oxygens (including phenoxy) is 3. The molecule has 0 unspecified atom stereocenters. The van der Waals surface area contributed by atoms with Crippen LogP contribution < -0.4 is 18.9 Å². The van der Waals surface area contributed by atoms with Gasteiger partial charge in [-0.05, 0) is 41.0 Å². The number of nitrogens with zero attached hydrogens (tertiary/aromatic N) is 1. The van der Waals surface area contributed by atoms with Gasteiger partial charge in [-0.3, -0.25) is 4.90 Å². The molecule has 3 aromatic carbocycles. The highest BCUT2D eigenvalue weighted by Crippen LogP contribution is 2.38. The van der Waals surface area contributed by atoms with E-state index in [4.69, 9.17) is 14.2 Å². The Balaban J connectivity index is 1.07. The van der Waals surface area contributed by atoms with Crippen LogP contribution in [0.1, 0.15) is 0 Å². The molecule has 1 saturated heterocycles. The van der Waals surface area contributed by atoms with Gasteiger partial charge in [0, 0.05) is 26.2 Å². The van der Waals surface area contributed by atoms with E-state index in [0.29, 0.717) is 48.7 Å². The number of likely N-dealkylation sites (tertiary alicyclic amines) is 1. The minimum Gasteiger partial charge on any atom is -0.488 e. The molecule has 32 heavy (non-hydrogen) atoms. The predicted molar refractivity (Wildman–Crippen MR) is 122 cm³/mol. The molecule has 3 aromatic rings. The van der Waals surface area contributed by atoms with Crippen molar-refractivity contribution in [2.75, 3.05) is 46.0 Å². The lowest BCUT2D eigenvalue weighted by Crippen LogP contribution is -2.52. The number of rotatable bonds is 8. The van der Waals surface area contributed by atoms with E-state index in [-0.39, 0.29) is 0 Å². The van der Waals surface area contributed by atoms with Crippen LogP contribution in [0.4, 0.5) is 0 Å². The summed E-state index contributed by atoms with van der Waals surface area (Å²) in [5, 5.41) is 1.94. The van der Waals surface area contributed by atoms with Crippen LogP contribution in [-0.4, -0.2) is 59.3 Å². The summed E-state index contributed by atoms with van der Waals surface area (Å²) < 4.78 is 45.3. The maximum Gasteiger partial charge on any atom is 0.240 e. The molecule has 8 heteroatoms. The summed E-state index contributed by atoms with van der Waals surface area (Å²) in [6.45, 7) is 4.51. The van der Waals surface area contributed by atoms with Crippen molar-refractivity contribution in [2.24, 2.45) is 5.92 Å². The van der Waals surface area contributed by atoms with Crippen LogP contribution >= 0.6 is 0 Å². The van der Waals surface area contributed by atoms with Crippen molar-refractivity contribution in [3.63, 3.8) is 0 Å². The first kappa shape index (κ1) is 21.1. The van der Waals surface area contributed by atoms with Crippen LogP contribution in [0.15, 0.2) is 65.6 Å². The largest absolute Gasteiger partial charge is 0.488 e. The molecule has 0 atom stereocenters. The second-order valence-corrected chi connectivity index (χ2v) is 9.88. The molecule has 0 aromatic heterocycles. The van der Waals surface area contributed by atoms with Gasteiger partial charge in [-0.1, -0.05) is 36.4 Å². The number of fused-ring (bicyclic) bond motifs is 2. The lowest BCUT2D eigenvalue weighted by atomic mass is 10.0. The highest BCUT2D eigenvalue weighted by Gasteiger charge is 2.28. The molecule has 0 aliphatic carbocycles. The summed E-state index contributed by atoms with van der Waals surface area (Å²) in [6, 6.07) is 18.6. The van der Waals surface area contributed by atoms with E-state index in [0.717, 1.165) is 36.2 Å². The quantitative estimate of drug-likeness (QED) is 0.564. The number of sulfonamides is 1. The molecule has 1 fully saturated rings. The summed E-state index contributed by atoms with van der Waals surface area (Å²) in [4.78, 5) is 2.56. The van der Waals surface area contributed by atoms with Gasteiger partial charge in [0.2, 0.25) is 15.8 Å². The summed E-state index contributed by atoms with van der Waals surface area (Å²) in [7, 11) is -3.52. The third kappa shape index (κ3) is 4.53. The van der Waals surface area contributed by atoms with Crippen molar-refractivity contribution in [2.45, 2.75) is 4.90 Å². The number of hydrogen-bond acceptors (Lipinski definition) is 6. The summed E-state index contributed by atoms with van der Waals surface area (Å²) >= 11 is 0. The Kier molecular flexibility index (Phi) is 5.91. The van der Waals surface area contributed by atoms with Crippen LogP contribution in [0.5, 0.6) is 17.2 Å². The van der Waals surface area contributed by atoms with Gasteiger partial charge in [0.05, 0.1) is 4.90 Å². The monoisotopic (exact) mass is 454 g/mol.